The van der Waals surface area contributed by atoms with Crippen LogP contribution in [0.3, 0.4) is 0 Å². The molecule has 0 bridgehead atoms. The summed E-state index contributed by atoms with van der Waals surface area (Å²) >= 11 is 0. The monoisotopic (exact) mass is 448 g/mol. The van der Waals surface area contributed by atoms with E-state index in [1.165, 1.54) is 5.56 Å². The van der Waals surface area contributed by atoms with Crippen molar-refractivity contribution in [3.8, 4) is 17.6 Å². The van der Waals surface area contributed by atoms with Crippen molar-refractivity contribution in [1.29, 1.82) is 0 Å². The summed E-state index contributed by atoms with van der Waals surface area (Å²) in [5, 5.41) is 10.1. The van der Waals surface area contributed by atoms with Gasteiger partial charge in [0.25, 0.3) is 0 Å². The lowest BCUT2D eigenvalue weighted by molar-refractivity contribution is -0.140. The number of hydrogen-bond donors (Lipinski definition) is 1. The molecule has 0 saturated carbocycles. The number of hydrogen-bond acceptors (Lipinski definition) is 5. The van der Waals surface area contributed by atoms with Crippen LogP contribution >= 0.6 is 0 Å². The van der Waals surface area contributed by atoms with Crippen molar-refractivity contribution in [2.75, 3.05) is 47.1 Å². The van der Waals surface area contributed by atoms with Gasteiger partial charge in [0.2, 0.25) is 5.91 Å². The molecule has 2 heterocycles. The smallest absolute Gasteiger partial charge is 0.248 e. The zero-order valence-corrected chi connectivity index (χ0v) is 19.4. The summed E-state index contributed by atoms with van der Waals surface area (Å²) in [6.07, 6.45) is 2.00. The SMILES string of the molecule is COCC(=O)N1CCCCN2[C@H](CO)[C@H](c3ccc(C#Cc4ccc(OC)cc4)cc3)[C@H]2C1. The molecule has 6 nitrogen and oxygen atoms in total. The number of amides is 1. The lowest BCUT2D eigenvalue weighted by atomic mass is 9.74. The van der Waals surface area contributed by atoms with E-state index in [1.54, 1.807) is 14.2 Å². The Kier molecular flexibility index (Phi) is 7.66. The average Bonchev–Trinajstić information content (AvgIpc) is 2.83. The maximum atomic E-state index is 12.5. The highest BCUT2D eigenvalue weighted by Crippen LogP contribution is 2.41. The van der Waals surface area contributed by atoms with Crippen molar-refractivity contribution in [1.82, 2.24) is 9.80 Å². The molecule has 1 amide bonds. The second-order valence-corrected chi connectivity index (χ2v) is 8.66. The van der Waals surface area contributed by atoms with Crippen molar-refractivity contribution >= 4 is 5.91 Å². The lowest BCUT2D eigenvalue weighted by Crippen LogP contribution is -2.68. The molecule has 0 unspecified atom stereocenters. The number of aliphatic hydroxyl groups is 1. The number of carbonyl (C=O) groups is 1. The molecular formula is C27H32N2O4. The summed E-state index contributed by atoms with van der Waals surface area (Å²) in [5.74, 6) is 7.45. The molecule has 1 N–H and O–H groups in total. The van der Waals surface area contributed by atoms with Gasteiger partial charge in [0.15, 0.2) is 0 Å². The van der Waals surface area contributed by atoms with Gasteiger partial charge in [-0.05, 0) is 61.3 Å². The van der Waals surface area contributed by atoms with Crippen molar-refractivity contribution < 1.29 is 19.4 Å². The van der Waals surface area contributed by atoms with Crippen LogP contribution in [0.5, 0.6) is 5.75 Å². The van der Waals surface area contributed by atoms with E-state index in [1.807, 2.05) is 41.3 Å². The van der Waals surface area contributed by atoms with E-state index in [-0.39, 0.29) is 37.1 Å². The Balaban J connectivity index is 1.49. The highest BCUT2D eigenvalue weighted by molar-refractivity contribution is 5.77. The minimum Gasteiger partial charge on any atom is -0.497 e. The molecule has 2 aliphatic heterocycles. The number of nitrogens with zero attached hydrogens (tertiary/aromatic N) is 2. The third kappa shape index (κ3) is 5.22. The summed E-state index contributed by atoms with van der Waals surface area (Å²) < 4.78 is 10.3. The molecule has 3 atom stereocenters. The Morgan fingerprint density at radius 2 is 1.64 bits per heavy atom. The molecule has 2 aromatic carbocycles. The van der Waals surface area contributed by atoms with Gasteiger partial charge < -0.3 is 19.5 Å². The third-order valence-corrected chi connectivity index (χ3v) is 6.73. The Bertz CT molecular complexity index is 994. The van der Waals surface area contributed by atoms with Crippen molar-refractivity contribution in [3.05, 3.63) is 65.2 Å². The van der Waals surface area contributed by atoms with Crippen LogP contribution < -0.4 is 4.74 Å². The van der Waals surface area contributed by atoms with Gasteiger partial charge in [0.05, 0.1) is 13.7 Å². The largest absolute Gasteiger partial charge is 0.497 e. The molecule has 0 aromatic heterocycles. The molecule has 4 rings (SSSR count). The van der Waals surface area contributed by atoms with Crippen LogP contribution in [0.1, 0.15) is 35.4 Å². The summed E-state index contributed by atoms with van der Waals surface area (Å²) in [5.41, 5.74) is 3.07. The van der Waals surface area contributed by atoms with Gasteiger partial charge >= 0.3 is 0 Å². The fourth-order valence-electron chi connectivity index (χ4n) is 4.99. The Labute approximate surface area is 196 Å². The first kappa shape index (κ1) is 23.3. The van der Waals surface area contributed by atoms with Crippen molar-refractivity contribution in [3.63, 3.8) is 0 Å². The zero-order valence-electron chi connectivity index (χ0n) is 19.4. The first-order chi connectivity index (χ1) is 16.1. The Morgan fingerprint density at radius 3 is 2.24 bits per heavy atom. The topological polar surface area (TPSA) is 62.2 Å². The third-order valence-electron chi connectivity index (χ3n) is 6.73. The van der Waals surface area contributed by atoms with Crippen molar-refractivity contribution in [2.45, 2.75) is 30.8 Å². The van der Waals surface area contributed by atoms with Gasteiger partial charge in [-0.3, -0.25) is 9.69 Å². The molecule has 0 spiro atoms. The number of methoxy groups -OCH3 is 2. The second-order valence-electron chi connectivity index (χ2n) is 8.66. The van der Waals surface area contributed by atoms with E-state index in [2.05, 4.69) is 28.9 Å². The van der Waals surface area contributed by atoms with Gasteiger partial charge in [-0.25, -0.2) is 0 Å². The maximum absolute atomic E-state index is 12.5. The summed E-state index contributed by atoms with van der Waals surface area (Å²) in [4.78, 5) is 16.8. The van der Waals surface area contributed by atoms with Crippen LogP contribution in [-0.4, -0.2) is 80.0 Å². The molecule has 2 aromatic rings. The number of carbonyl (C=O) groups excluding carboxylic acids is 1. The minimum atomic E-state index is 0.0368. The number of fused-ring (bicyclic) bond motifs is 1. The predicted molar refractivity (Wildman–Crippen MR) is 127 cm³/mol. The van der Waals surface area contributed by atoms with E-state index in [9.17, 15) is 9.90 Å². The number of aliphatic hydroxyl groups excluding tert-OH is 1. The van der Waals surface area contributed by atoms with Crippen LogP contribution in [0, 0.1) is 11.8 Å². The fraction of sp³-hybridized carbons (Fsp3) is 0.444. The molecular weight excluding hydrogens is 416 g/mol. The molecule has 33 heavy (non-hydrogen) atoms. The highest BCUT2D eigenvalue weighted by Gasteiger charge is 2.49. The minimum absolute atomic E-state index is 0.0368. The summed E-state index contributed by atoms with van der Waals surface area (Å²) in [6.45, 7) is 2.63. The predicted octanol–water partition coefficient (Wildman–Crippen LogP) is 2.49. The van der Waals surface area contributed by atoms with E-state index in [4.69, 9.17) is 9.47 Å². The highest BCUT2D eigenvalue weighted by atomic mass is 16.5. The molecule has 6 heteroatoms. The standard InChI is InChI=1S/C27H32N2O4/c1-32-19-26(31)28-15-3-4-16-29-24(17-28)27(25(29)18-30)22-11-7-20(8-12-22)5-6-21-9-13-23(33-2)14-10-21/h7-14,24-25,27,30H,3-4,15-19H2,1-2H3/t24-,25-,27-/m1/s1. The van der Waals surface area contributed by atoms with E-state index >= 15 is 0 Å². The van der Waals surface area contributed by atoms with Gasteiger partial charge in [0.1, 0.15) is 12.4 Å². The van der Waals surface area contributed by atoms with Crippen molar-refractivity contribution in [2.24, 2.45) is 0 Å². The fourth-order valence-corrected chi connectivity index (χ4v) is 4.99. The van der Waals surface area contributed by atoms with Gasteiger partial charge in [-0.1, -0.05) is 24.0 Å². The van der Waals surface area contributed by atoms with Gasteiger partial charge in [-0.2, -0.15) is 0 Å². The lowest BCUT2D eigenvalue weighted by Gasteiger charge is -2.57. The number of rotatable bonds is 5. The van der Waals surface area contributed by atoms with Crippen LogP contribution in [-0.2, 0) is 9.53 Å². The molecule has 174 valence electrons. The Hall–Kier alpha value is -2.85. The van der Waals surface area contributed by atoms with E-state index in [0.29, 0.717) is 6.54 Å². The normalized spacial score (nSPS) is 22.8. The van der Waals surface area contributed by atoms with Gasteiger partial charge in [-0.15, -0.1) is 0 Å². The zero-order chi connectivity index (χ0) is 23.2. The Morgan fingerprint density at radius 1 is 1.00 bits per heavy atom. The molecule has 0 radical (unpaired) electrons. The van der Waals surface area contributed by atoms with Gasteiger partial charge in [0, 0.05) is 49.3 Å². The number of ether oxygens (including phenoxy) is 2. The van der Waals surface area contributed by atoms with Crippen LogP contribution in [0.25, 0.3) is 0 Å². The van der Waals surface area contributed by atoms with Crippen LogP contribution in [0.15, 0.2) is 48.5 Å². The van der Waals surface area contributed by atoms with Crippen LogP contribution in [0.4, 0.5) is 0 Å². The first-order valence-electron chi connectivity index (χ1n) is 11.5. The quantitative estimate of drug-likeness (QED) is 0.713. The first-order valence-corrected chi connectivity index (χ1v) is 11.5. The van der Waals surface area contributed by atoms with Crippen LogP contribution in [0.2, 0.25) is 0 Å². The van der Waals surface area contributed by atoms with E-state index < -0.39 is 0 Å². The number of benzene rings is 2. The second kappa shape index (κ2) is 10.8. The molecule has 2 fully saturated rings. The molecule has 2 saturated heterocycles. The molecule has 2 aliphatic rings. The van der Waals surface area contributed by atoms with E-state index in [0.717, 1.165) is 42.8 Å². The maximum Gasteiger partial charge on any atom is 0.248 e. The summed E-state index contributed by atoms with van der Waals surface area (Å²) in [7, 11) is 3.21. The summed E-state index contributed by atoms with van der Waals surface area (Å²) in [6, 6.07) is 16.3. The molecule has 0 aliphatic carbocycles. The average molecular weight is 449 g/mol.